The Morgan fingerprint density at radius 2 is 1.64 bits per heavy atom. The van der Waals surface area contributed by atoms with E-state index in [1.54, 1.807) is 64.6 Å². The molecule has 0 aliphatic carbocycles. The van der Waals surface area contributed by atoms with Crippen LogP contribution in [0.4, 0.5) is 0 Å². The van der Waals surface area contributed by atoms with Crippen LogP contribution >= 0.6 is 0 Å². The van der Waals surface area contributed by atoms with E-state index in [0.29, 0.717) is 48.1 Å². The smallest absolute Gasteiger partial charge is 0.259 e. The third kappa shape index (κ3) is 5.39. The Morgan fingerprint density at radius 3 is 2.18 bits per heavy atom. The summed E-state index contributed by atoms with van der Waals surface area (Å²) < 4.78 is 22.1. The molecule has 1 aliphatic rings. The lowest BCUT2D eigenvalue weighted by molar-refractivity contribution is -0.130. The molecule has 8 heteroatoms. The number of rotatable bonds is 8. The summed E-state index contributed by atoms with van der Waals surface area (Å²) in [5, 5.41) is 0. The van der Waals surface area contributed by atoms with Crippen molar-refractivity contribution in [1.29, 1.82) is 0 Å². The Kier molecular flexibility index (Phi) is 7.82. The van der Waals surface area contributed by atoms with Crippen molar-refractivity contribution < 1.29 is 28.5 Å². The predicted molar refractivity (Wildman–Crippen MR) is 125 cm³/mol. The minimum absolute atomic E-state index is 0.127. The van der Waals surface area contributed by atoms with Crippen LogP contribution < -0.4 is 18.9 Å². The second-order valence-corrected chi connectivity index (χ2v) is 7.71. The molecule has 0 saturated carbocycles. The summed E-state index contributed by atoms with van der Waals surface area (Å²) in [6.07, 6.45) is 2.64. The quantitative estimate of drug-likeness (QED) is 0.610. The maximum Gasteiger partial charge on any atom is 0.259 e. The number of amides is 2. The van der Waals surface area contributed by atoms with Gasteiger partial charge in [0.2, 0.25) is 0 Å². The molecule has 33 heavy (non-hydrogen) atoms. The van der Waals surface area contributed by atoms with Gasteiger partial charge in [-0.05, 0) is 24.1 Å². The van der Waals surface area contributed by atoms with Gasteiger partial charge in [0.1, 0.15) is 23.0 Å². The summed E-state index contributed by atoms with van der Waals surface area (Å²) >= 11 is 0. The first-order valence-electron chi connectivity index (χ1n) is 10.6. The van der Waals surface area contributed by atoms with Crippen LogP contribution in [0, 0.1) is 0 Å². The highest BCUT2D eigenvalue weighted by Gasteiger charge is 2.25. The van der Waals surface area contributed by atoms with Crippen LogP contribution in [0.2, 0.25) is 0 Å². The molecule has 2 aromatic rings. The molecular weight excluding hydrogens is 424 g/mol. The molecular formula is C25H30N2O6. The Balaban J connectivity index is 1.80. The molecule has 3 rings (SSSR count). The van der Waals surface area contributed by atoms with Gasteiger partial charge in [-0.25, -0.2) is 0 Å². The van der Waals surface area contributed by atoms with E-state index >= 15 is 0 Å². The SMILES string of the molecule is COc1cc(OC)c(C2=CCN(C(=O)c3ccccc3OCC(=O)N(C)C)CC2)c(OC)c1. The second kappa shape index (κ2) is 10.8. The van der Waals surface area contributed by atoms with Crippen LogP contribution in [0.1, 0.15) is 22.3 Å². The molecule has 0 aromatic heterocycles. The highest BCUT2D eigenvalue weighted by Crippen LogP contribution is 2.41. The number of hydrogen-bond acceptors (Lipinski definition) is 6. The molecule has 8 nitrogen and oxygen atoms in total. The lowest BCUT2D eigenvalue weighted by Crippen LogP contribution is -2.35. The Morgan fingerprint density at radius 1 is 0.970 bits per heavy atom. The first kappa shape index (κ1) is 24.0. The largest absolute Gasteiger partial charge is 0.496 e. The van der Waals surface area contributed by atoms with Crippen molar-refractivity contribution >= 4 is 17.4 Å². The molecule has 2 amide bonds. The van der Waals surface area contributed by atoms with Crippen molar-refractivity contribution in [2.75, 3.05) is 55.1 Å². The molecule has 176 valence electrons. The van der Waals surface area contributed by atoms with Crippen LogP contribution in [0.5, 0.6) is 23.0 Å². The van der Waals surface area contributed by atoms with Crippen molar-refractivity contribution in [3.05, 3.63) is 53.6 Å². The van der Waals surface area contributed by atoms with E-state index in [9.17, 15) is 9.59 Å². The van der Waals surface area contributed by atoms with Gasteiger partial charge in [0.05, 0.1) is 32.5 Å². The van der Waals surface area contributed by atoms with Crippen LogP contribution in [-0.2, 0) is 4.79 Å². The number of nitrogens with zero attached hydrogens (tertiary/aromatic N) is 2. The zero-order valence-electron chi connectivity index (χ0n) is 19.7. The number of carbonyl (C=O) groups is 2. The van der Waals surface area contributed by atoms with E-state index in [0.717, 1.165) is 11.1 Å². The van der Waals surface area contributed by atoms with E-state index in [1.165, 1.54) is 4.90 Å². The van der Waals surface area contributed by atoms with E-state index in [1.807, 2.05) is 18.2 Å². The van der Waals surface area contributed by atoms with Gasteiger partial charge >= 0.3 is 0 Å². The molecule has 0 radical (unpaired) electrons. The van der Waals surface area contributed by atoms with Crippen molar-refractivity contribution in [2.24, 2.45) is 0 Å². The van der Waals surface area contributed by atoms with Gasteiger partial charge in [-0.1, -0.05) is 18.2 Å². The van der Waals surface area contributed by atoms with Crippen molar-refractivity contribution in [3.63, 3.8) is 0 Å². The maximum absolute atomic E-state index is 13.2. The number of carbonyl (C=O) groups excluding carboxylic acids is 2. The minimum Gasteiger partial charge on any atom is -0.496 e. The summed E-state index contributed by atoms with van der Waals surface area (Å²) in [6, 6.07) is 10.6. The van der Waals surface area contributed by atoms with Crippen LogP contribution in [-0.4, -0.2) is 76.7 Å². The van der Waals surface area contributed by atoms with Crippen molar-refractivity contribution in [2.45, 2.75) is 6.42 Å². The molecule has 1 heterocycles. The van der Waals surface area contributed by atoms with Crippen LogP contribution in [0.25, 0.3) is 5.57 Å². The fourth-order valence-corrected chi connectivity index (χ4v) is 3.61. The highest BCUT2D eigenvalue weighted by atomic mass is 16.5. The van der Waals surface area contributed by atoms with Crippen molar-refractivity contribution in [1.82, 2.24) is 9.80 Å². The maximum atomic E-state index is 13.2. The van der Waals surface area contributed by atoms with Gasteiger partial charge in [-0.3, -0.25) is 9.59 Å². The minimum atomic E-state index is -0.176. The third-order valence-electron chi connectivity index (χ3n) is 5.50. The molecule has 0 atom stereocenters. The summed E-state index contributed by atoms with van der Waals surface area (Å²) in [4.78, 5) is 28.3. The Bertz CT molecular complexity index is 1020. The molecule has 1 aliphatic heterocycles. The van der Waals surface area contributed by atoms with Gasteiger partial charge < -0.3 is 28.7 Å². The van der Waals surface area contributed by atoms with Crippen LogP contribution in [0.3, 0.4) is 0 Å². The molecule has 2 aromatic carbocycles. The molecule has 0 bridgehead atoms. The molecule has 0 unspecified atom stereocenters. The topological polar surface area (TPSA) is 77.5 Å². The van der Waals surface area contributed by atoms with Gasteiger partial charge in [0, 0.05) is 39.3 Å². The molecule has 0 spiro atoms. The standard InChI is InChI=1S/C25H30N2O6/c1-26(2)23(28)16-33-20-9-7-6-8-19(20)25(29)27-12-10-17(11-13-27)24-21(31-4)14-18(30-3)15-22(24)32-5/h6-10,14-15H,11-13,16H2,1-5H3. The number of ether oxygens (including phenoxy) is 4. The van der Waals surface area contributed by atoms with Crippen molar-refractivity contribution in [3.8, 4) is 23.0 Å². The number of methoxy groups -OCH3 is 3. The molecule has 0 saturated heterocycles. The van der Waals surface area contributed by atoms with E-state index in [2.05, 4.69) is 0 Å². The number of hydrogen-bond donors (Lipinski definition) is 0. The zero-order chi connectivity index (χ0) is 24.0. The third-order valence-corrected chi connectivity index (χ3v) is 5.50. The lowest BCUT2D eigenvalue weighted by Gasteiger charge is -2.28. The molecule has 0 fully saturated rings. The van der Waals surface area contributed by atoms with Gasteiger partial charge in [0.25, 0.3) is 11.8 Å². The first-order chi connectivity index (χ1) is 15.9. The monoisotopic (exact) mass is 454 g/mol. The van der Waals surface area contributed by atoms with Gasteiger partial charge in [-0.15, -0.1) is 0 Å². The fraction of sp³-hybridized carbons (Fsp3) is 0.360. The zero-order valence-corrected chi connectivity index (χ0v) is 19.7. The van der Waals surface area contributed by atoms with Crippen LogP contribution in [0.15, 0.2) is 42.5 Å². The normalized spacial score (nSPS) is 13.1. The predicted octanol–water partition coefficient (Wildman–Crippen LogP) is 3.11. The summed E-state index contributed by atoms with van der Waals surface area (Å²) in [5.74, 6) is 2.02. The highest BCUT2D eigenvalue weighted by molar-refractivity contribution is 5.97. The fourth-order valence-electron chi connectivity index (χ4n) is 3.61. The Hall–Kier alpha value is -3.68. The number of para-hydroxylation sites is 1. The van der Waals surface area contributed by atoms with E-state index in [4.69, 9.17) is 18.9 Å². The van der Waals surface area contributed by atoms with Gasteiger partial charge in [0.15, 0.2) is 6.61 Å². The summed E-state index contributed by atoms with van der Waals surface area (Å²) in [6.45, 7) is 0.823. The first-order valence-corrected chi connectivity index (χ1v) is 10.6. The second-order valence-electron chi connectivity index (χ2n) is 7.71. The van der Waals surface area contributed by atoms with E-state index < -0.39 is 0 Å². The summed E-state index contributed by atoms with van der Waals surface area (Å²) in [5.41, 5.74) is 2.33. The average Bonchev–Trinajstić information content (AvgIpc) is 2.86. The average molecular weight is 455 g/mol. The summed E-state index contributed by atoms with van der Waals surface area (Å²) in [7, 11) is 8.12. The van der Waals surface area contributed by atoms with E-state index in [-0.39, 0.29) is 18.4 Å². The molecule has 0 N–H and O–H groups in total. The lowest BCUT2D eigenvalue weighted by atomic mass is 9.96. The number of likely N-dealkylation sites (N-methyl/N-ethyl adjacent to an activating group) is 1. The number of benzene rings is 2. The van der Waals surface area contributed by atoms with Gasteiger partial charge in [-0.2, -0.15) is 0 Å². The Labute approximate surface area is 194 Å².